The zero-order chi connectivity index (χ0) is 16.6. The van der Waals surface area contributed by atoms with Gasteiger partial charge >= 0.3 is 0 Å². The van der Waals surface area contributed by atoms with Crippen LogP contribution in [0.5, 0.6) is 0 Å². The summed E-state index contributed by atoms with van der Waals surface area (Å²) in [5.41, 5.74) is 1.74. The number of imidazole rings is 1. The highest BCUT2D eigenvalue weighted by atomic mass is 19.2. The van der Waals surface area contributed by atoms with Crippen LogP contribution in [-0.4, -0.2) is 15.3 Å². The molecule has 2 heterocycles. The number of hydrogen-bond acceptors (Lipinski definition) is 2. The maximum Gasteiger partial charge on any atom is 0.230 e. The van der Waals surface area contributed by atoms with E-state index in [-0.39, 0.29) is 6.42 Å². The number of nitrogens with zero attached hydrogens (tertiary/aromatic N) is 2. The molecule has 0 saturated carbocycles. The minimum Gasteiger partial charge on any atom is -0.323 e. The second kappa shape index (κ2) is 5.75. The third-order valence-corrected chi connectivity index (χ3v) is 3.38. The average molecular weight is 319 g/mol. The summed E-state index contributed by atoms with van der Waals surface area (Å²) in [4.78, 5) is 16.3. The number of aromatic nitrogens is 2. The van der Waals surface area contributed by atoms with Gasteiger partial charge in [0.25, 0.3) is 0 Å². The summed E-state index contributed by atoms with van der Waals surface area (Å²) in [7, 11) is 0. The van der Waals surface area contributed by atoms with Crippen molar-refractivity contribution in [2.75, 3.05) is 5.32 Å². The van der Waals surface area contributed by atoms with E-state index in [1.165, 1.54) is 0 Å². The first-order valence-corrected chi connectivity index (χ1v) is 6.82. The second-order valence-electron chi connectivity index (χ2n) is 5.10. The van der Waals surface area contributed by atoms with Crippen LogP contribution in [0.25, 0.3) is 5.65 Å². The summed E-state index contributed by atoms with van der Waals surface area (Å²) >= 11 is 0. The molecule has 7 heteroatoms. The van der Waals surface area contributed by atoms with E-state index in [1.54, 1.807) is 16.8 Å². The van der Waals surface area contributed by atoms with Crippen molar-refractivity contribution in [3.05, 3.63) is 65.4 Å². The number of halogens is 3. The van der Waals surface area contributed by atoms with E-state index in [9.17, 15) is 18.0 Å². The Morgan fingerprint density at radius 2 is 2.00 bits per heavy atom. The van der Waals surface area contributed by atoms with Gasteiger partial charge in [-0.15, -0.1) is 0 Å². The molecule has 1 amide bonds. The number of carbonyl (C=O) groups excluding carboxylic acids is 1. The molecule has 0 fully saturated rings. The van der Waals surface area contributed by atoms with Crippen LogP contribution in [0.1, 0.15) is 11.3 Å². The van der Waals surface area contributed by atoms with Crippen molar-refractivity contribution >= 4 is 17.2 Å². The minimum atomic E-state index is -1.62. The van der Waals surface area contributed by atoms with E-state index < -0.39 is 29.0 Å². The van der Waals surface area contributed by atoms with Gasteiger partial charge in [-0.25, -0.2) is 18.2 Å². The van der Waals surface area contributed by atoms with Gasteiger partial charge in [0.15, 0.2) is 17.5 Å². The number of rotatable bonds is 3. The summed E-state index contributed by atoms with van der Waals surface area (Å²) in [5.74, 6) is -4.93. The lowest BCUT2D eigenvalue weighted by atomic mass is 10.2. The molecule has 0 aliphatic heterocycles. The monoisotopic (exact) mass is 319 g/mol. The van der Waals surface area contributed by atoms with E-state index in [0.29, 0.717) is 11.3 Å². The summed E-state index contributed by atoms with van der Waals surface area (Å²) in [6.07, 6.45) is 3.37. The van der Waals surface area contributed by atoms with Crippen molar-refractivity contribution in [2.24, 2.45) is 0 Å². The van der Waals surface area contributed by atoms with Crippen molar-refractivity contribution in [1.29, 1.82) is 0 Å². The van der Waals surface area contributed by atoms with Crippen molar-refractivity contribution in [3.8, 4) is 0 Å². The average Bonchev–Trinajstić information content (AvgIpc) is 2.92. The zero-order valence-corrected chi connectivity index (χ0v) is 12.1. The number of benzene rings is 1. The van der Waals surface area contributed by atoms with Crippen LogP contribution >= 0.6 is 0 Å². The van der Waals surface area contributed by atoms with Gasteiger partial charge in [0.1, 0.15) is 5.65 Å². The minimum absolute atomic E-state index is 0.112. The Bertz CT molecular complexity index is 905. The fraction of sp³-hybridized carbons (Fsp3) is 0.125. The van der Waals surface area contributed by atoms with Crippen LogP contribution < -0.4 is 5.32 Å². The molecule has 2 aromatic heterocycles. The predicted octanol–water partition coefficient (Wildman–Crippen LogP) is 3.24. The summed E-state index contributed by atoms with van der Waals surface area (Å²) in [6, 6.07) is 5.47. The van der Waals surface area contributed by atoms with Gasteiger partial charge in [-0.05, 0) is 30.7 Å². The molecule has 0 spiro atoms. The normalized spacial score (nSPS) is 11.0. The standard InChI is InChI=1S/C16H12F3N3O/c1-9-3-2-6-22-8-10(20-16(9)22)7-13(23)21-12-5-4-11(17)14(18)15(12)19/h2-6,8H,7H2,1H3,(H,21,23). The molecule has 3 aromatic rings. The number of nitrogens with one attached hydrogen (secondary N) is 1. The Balaban J connectivity index is 1.79. The maximum atomic E-state index is 13.5. The molecular weight excluding hydrogens is 307 g/mol. The van der Waals surface area contributed by atoms with Crippen molar-refractivity contribution < 1.29 is 18.0 Å². The Kier molecular flexibility index (Phi) is 3.77. The maximum absolute atomic E-state index is 13.5. The fourth-order valence-electron chi connectivity index (χ4n) is 2.27. The first-order valence-electron chi connectivity index (χ1n) is 6.82. The Morgan fingerprint density at radius 3 is 2.74 bits per heavy atom. The van der Waals surface area contributed by atoms with Crippen molar-refractivity contribution in [2.45, 2.75) is 13.3 Å². The van der Waals surface area contributed by atoms with Gasteiger partial charge in [-0.2, -0.15) is 0 Å². The lowest BCUT2D eigenvalue weighted by Gasteiger charge is -2.06. The quantitative estimate of drug-likeness (QED) is 0.753. The van der Waals surface area contributed by atoms with Gasteiger partial charge in [0.2, 0.25) is 5.91 Å². The number of fused-ring (bicyclic) bond motifs is 1. The highest BCUT2D eigenvalue weighted by Gasteiger charge is 2.16. The van der Waals surface area contributed by atoms with Crippen LogP contribution in [0.3, 0.4) is 0 Å². The van der Waals surface area contributed by atoms with Gasteiger partial charge < -0.3 is 9.72 Å². The fourth-order valence-corrected chi connectivity index (χ4v) is 2.27. The highest BCUT2D eigenvalue weighted by Crippen LogP contribution is 2.20. The largest absolute Gasteiger partial charge is 0.323 e. The molecule has 0 bridgehead atoms. The summed E-state index contributed by atoms with van der Waals surface area (Å²) in [6.45, 7) is 1.89. The third kappa shape index (κ3) is 2.90. The second-order valence-corrected chi connectivity index (χ2v) is 5.10. The number of amides is 1. The lowest BCUT2D eigenvalue weighted by molar-refractivity contribution is -0.115. The van der Waals surface area contributed by atoms with E-state index >= 15 is 0 Å². The van der Waals surface area contributed by atoms with Crippen LogP contribution in [0.2, 0.25) is 0 Å². The first kappa shape index (κ1) is 15.1. The number of aryl methyl sites for hydroxylation is 1. The molecule has 0 radical (unpaired) electrons. The summed E-state index contributed by atoms with van der Waals surface area (Å²) < 4.78 is 41.3. The Morgan fingerprint density at radius 1 is 1.22 bits per heavy atom. The highest BCUT2D eigenvalue weighted by molar-refractivity contribution is 5.92. The lowest BCUT2D eigenvalue weighted by Crippen LogP contribution is -2.16. The van der Waals surface area contributed by atoms with Gasteiger partial charge in [-0.3, -0.25) is 4.79 Å². The SMILES string of the molecule is Cc1cccn2cc(CC(=O)Nc3ccc(F)c(F)c3F)nc12. The van der Waals surface area contributed by atoms with Crippen molar-refractivity contribution in [1.82, 2.24) is 9.38 Å². The van der Waals surface area contributed by atoms with Crippen LogP contribution in [0, 0.1) is 24.4 Å². The smallest absolute Gasteiger partial charge is 0.230 e. The topological polar surface area (TPSA) is 46.4 Å². The van der Waals surface area contributed by atoms with Gasteiger partial charge in [0.05, 0.1) is 17.8 Å². The molecule has 23 heavy (non-hydrogen) atoms. The molecule has 0 aliphatic carbocycles. The number of pyridine rings is 1. The Hall–Kier alpha value is -2.83. The Labute approximate surface area is 129 Å². The number of hydrogen-bond donors (Lipinski definition) is 1. The molecule has 0 aliphatic rings. The first-order chi connectivity index (χ1) is 11.0. The molecular formula is C16H12F3N3O. The van der Waals surface area contributed by atoms with Gasteiger partial charge in [-0.1, -0.05) is 6.07 Å². The predicted molar refractivity (Wildman–Crippen MR) is 78.6 cm³/mol. The number of anilines is 1. The molecule has 4 nitrogen and oxygen atoms in total. The third-order valence-electron chi connectivity index (χ3n) is 3.38. The molecule has 1 aromatic carbocycles. The molecule has 0 unspecified atom stereocenters. The van der Waals surface area contributed by atoms with Gasteiger partial charge in [0, 0.05) is 12.4 Å². The van der Waals surface area contributed by atoms with Crippen molar-refractivity contribution in [3.63, 3.8) is 0 Å². The zero-order valence-electron chi connectivity index (χ0n) is 12.1. The van der Waals surface area contributed by atoms with E-state index in [4.69, 9.17) is 0 Å². The molecule has 1 N–H and O–H groups in total. The van der Waals surface area contributed by atoms with Crippen LogP contribution in [0.15, 0.2) is 36.7 Å². The summed E-state index contributed by atoms with van der Waals surface area (Å²) in [5, 5.41) is 2.22. The molecule has 3 rings (SSSR count). The molecule has 0 atom stereocenters. The molecule has 118 valence electrons. The van der Waals surface area contributed by atoms with E-state index in [1.807, 2.05) is 19.1 Å². The van der Waals surface area contributed by atoms with E-state index in [0.717, 1.165) is 17.7 Å². The number of carbonyl (C=O) groups is 1. The van der Waals surface area contributed by atoms with Crippen LogP contribution in [0.4, 0.5) is 18.9 Å². The van der Waals surface area contributed by atoms with E-state index in [2.05, 4.69) is 10.3 Å². The molecule has 0 saturated heterocycles. The van der Waals surface area contributed by atoms with Crippen LogP contribution in [-0.2, 0) is 11.2 Å².